The van der Waals surface area contributed by atoms with Crippen molar-refractivity contribution in [2.24, 2.45) is 0 Å². The molecule has 1 N–H and O–H groups in total. The molecule has 0 saturated heterocycles. The number of methoxy groups -OCH3 is 1. The van der Waals surface area contributed by atoms with E-state index >= 15 is 0 Å². The minimum atomic E-state index is -3.41. The Labute approximate surface area is 154 Å². The Morgan fingerprint density at radius 3 is 2.73 bits per heavy atom. The van der Waals surface area contributed by atoms with Crippen LogP contribution in [0.25, 0.3) is 0 Å². The first kappa shape index (κ1) is 20.0. The molecule has 0 atom stereocenters. The Kier molecular flexibility index (Phi) is 7.23. The summed E-state index contributed by atoms with van der Waals surface area (Å²) in [6, 6.07) is 10.0. The number of furan rings is 1. The summed E-state index contributed by atoms with van der Waals surface area (Å²) in [5.41, 5.74) is 0.762. The number of hydrogen-bond acceptors (Lipinski definition) is 5. The summed E-state index contributed by atoms with van der Waals surface area (Å²) in [5, 5.41) is 0. The summed E-state index contributed by atoms with van der Waals surface area (Å²) in [6.07, 6.45) is 2.07. The number of nitrogens with one attached hydrogen (secondary N) is 1. The third kappa shape index (κ3) is 5.89. The largest absolute Gasteiger partial charge is 0.467 e. The van der Waals surface area contributed by atoms with Crippen molar-refractivity contribution in [2.75, 3.05) is 30.7 Å². The molecule has 142 valence electrons. The van der Waals surface area contributed by atoms with Gasteiger partial charge >= 0.3 is 0 Å². The van der Waals surface area contributed by atoms with Gasteiger partial charge in [-0.05, 0) is 36.8 Å². The zero-order valence-corrected chi connectivity index (χ0v) is 15.8. The van der Waals surface area contributed by atoms with E-state index < -0.39 is 10.0 Å². The average molecular weight is 380 g/mol. The molecule has 1 amide bonds. The van der Waals surface area contributed by atoms with Crippen molar-refractivity contribution in [1.82, 2.24) is 4.90 Å². The number of nitrogens with zero attached hydrogens (tertiary/aromatic N) is 1. The lowest BCUT2D eigenvalue weighted by molar-refractivity contribution is 0.0666. The molecule has 0 spiro atoms. The number of sulfonamides is 1. The number of carbonyl (C=O) groups is 1. The SMILES string of the molecule is CCCS(=O)(=O)Nc1cccc(C(=O)N(CCOC)Cc2ccco2)c1. The molecule has 1 aromatic carbocycles. The fraction of sp³-hybridized carbons (Fsp3) is 0.389. The number of rotatable bonds is 10. The third-order valence-corrected chi connectivity index (χ3v) is 5.13. The van der Waals surface area contributed by atoms with Crippen molar-refractivity contribution >= 4 is 21.6 Å². The van der Waals surface area contributed by atoms with E-state index in [-0.39, 0.29) is 11.7 Å². The van der Waals surface area contributed by atoms with Crippen LogP contribution in [-0.4, -0.2) is 45.2 Å². The predicted octanol–water partition coefficient (Wildman–Crippen LogP) is 2.72. The van der Waals surface area contributed by atoms with Crippen LogP contribution >= 0.6 is 0 Å². The van der Waals surface area contributed by atoms with E-state index in [1.54, 1.807) is 55.5 Å². The van der Waals surface area contributed by atoms with Crippen molar-refractivity contribution in [3.05, 3.63) is 54.0 Å². The smallest absolute Gasteiger partial charge is 0.254 e. The van der Waals surface area contributed by atoms with Gasteiger partial charge in [0.2, 0.25) is 10.0 Å². The highest BCUT2D eigenvalue weighted by atomic mass is 32.2. The van der Waals surface area contributed by atoms with Gasteiger partial charge in [0.05, 0.1) is 25.2 Å². The molecule has 0 aliphatic carbocycles. The van der Waals surface area contributed by atoms with E-state index in [4.69, 9.17) is 9.15 Å². The molecule has 0 saturated carbocycles. The van der Waals surface area contributed by atoms with E-state index in [2.05, 4.69) is 4.72 Å². The number of amides is 1. The van der Waals surface area contributed by atoms with E-state index in [9.17, 15) is 13.2 Å². The molecule has 0 aliphatic heterocycles. The predicted molar refractivity (Wildman–Crippen MR) is 99.5 cm³/mol. The lowest BCUT2D eigenvalue weighted by Gasteiger charge is -2.21. The second-order valence-electron chi connectivity index (χ2n) is 5.80. The van der Waals surface area contributed by atoms with Crippen molar-refractivity contribution in [3.63, 3.8) is 0 Å². The number of benzene rings is 1. The van der Waals surface area contributed by atoms with Gasteiger partial charge in [0.1, 0.15) is 5.76 Å². The Balaban J connectivity index is 2.18. The summed E-state index contributed by atoms with van der Waals surface area (Å²) < 4.78 is 36.8. The van der Waals surface area contributed by atoms with Gasteiger partial charge < -0.3 is 14.1 Å². The zero-order chi connectivity index (χ0) is 19.0. The van der Waals surface area contributed by atoms with Crippen molar-refractivity contribution in [1.29, 1.82) is 0 Å². The third-order valence-electron chi connectivity index (χ3n) is 3.64. The summed E-state index contributed by atoms with van der Waals surface area (Å²) in [4.78, 5) is 14.5. The van der Waals surface area contributed by atoms with Crippen LogP contribution in [0.2, 0.25) is 0 Å². The Bertz CT molecular complexity index is 803. The van der Waals surface area contributed by atoms with Crippen LogP contribution in [0.5, 0.6) is 0 Å². The summed E-state index contributed by atoms with van der Waals surface area (Å²) >= 11 is 0. The molecule has 1 aromatic heterocycles. The van der Waals surface area contributed by atoms with E-state index in [0.717, 1.165) is 0 Å². The summed E-state index contributed by atoms with van der Waals surface area (Å²) in [5.74, 6) is 0.466. The second-order valence-corrected chi connectivity index (χ2v) is 7.64. The second kappa shape index (κ2) is 9.40. The van der Waals surface area contributed by atoms with Crippen LogP contribution in [0.3, 0.4) is 0 Å². The summed E-state index contributed by atoms with van der Waals surface area (Å²) in [6.45, 7) is 2.87. The molecule has 8 heteroatoms. The molecule has 2 rings (SSSR count). The van der Waals surface area contributed by atoms with Gasteiger partial charge in [-0.1, -0.05) is 13.0 Å². The first-order valence-electron chi connectivity index (χ1n) is 8.36. The van der Waals surface area contributed by atoms with Crippen LogP contribution in [0.15, 0.2) is 47.1 Å². The van der Waals surface area contributed by atoms with E-state index in [1.165, 1.54) is 6.07 Å². The highest BCUT2D eigenvalue weighted by Gasteiger charge is 2.18. The average Bonchev–Trinajstić information content (AvgIpc) is 3.10. The van der Waals surface area contributed by atoms with Crippen molar-refractivity contribution < 1.29 is 22.4 Å². The van der Waals surface area contributed by atoms with Crippen LogP contribution in [0, 0.1) is 0 Å². The number of carbonyl (C=O) groups excluding carboxylic acids is 1. The molecule has 1 heterocycles. The summed E-state index contributed by atoms with van der Waals surface area (Å²) in [7, 11) is -1.84. The molecule has 0 radical (unpaired) electrons. The first-order valence-corrected chi connectivity index (χ1v) is 10.0. The number of hydrogen-bond donors (Lipinski definition) is 1. The molecule has 2 aromatic rings. The molecule has 0 aliphatic rings. The fourth-order valence-electron chi connectivity index (χ4n) is 2.44. The minimum Gasteiger partial charge on any atom is -0.467 e. The van der Waals surface area contributed by atoms with Crippen molar-refractivity contribution in [2.45, 2.75) is 19.9 Å². The monoisotopic (exact) mass is 380 g/mol. The maximum Gasteiger partial charge on any atom is 0.254 e. The van der Waals surface area contributed by atoms with Crippen molar-refractivity contribution in [3.8, 4) is 0 Å². The highest BCUT2D eigenvalue weighted by Crippen LogP contribution is 2.16. The van der Waals surface area contributed by atoms with Crippen LogP contribution in [-0.2, 0) is 21.3 Å². The Morgan fingerprint density at radius 1 is 1.27 bits per heavy atom. The Hall–Kier alpha value is -2.32. The van der Waals surface area contributed by atoms with Crippen LogP contribution in [0.1, 0.15) is 29.5 Å². The number of anilines is 1. The quantitative estimate of drug-likeness (QED) is 0.685. The first-order chi connectivity index (χ1) is 12.4. The van der Waals surface area contributed by atoms with Gasteiger partial charge in [-0.3, -0.25) is 9.52 Å². The molecule has 0 unspecified atom stereocenters. The minimum absolute atomic E-state index is 0.0314. The van der Waals surface area contributed by atoms with E-state index in [0.29, 0.717) is 43.1 Å². The van der Waals surface area contributed by atoms with Gasteiger partial charge in [-0.15, -0.1) is 0 Å². The maximum atomic E-state index is 12.9. The lowest BCUT2D eigenvalue weighted by atomic mass is 10.1. The standard InChI is InChI=1S/C18H24N2O5S/c1-3-12-26(22,23)19-16-7-4-6-15(13-16)18(21)20(9-11-24-2)14-17-8-5-10-25-17/h4-8,10,13,19H,3,9,11-12,14H2,1-2H3. The lowest BCUT2D eigenvalue weighted by Crippen LogP contribution is -2.33. The zero-order valence-electron chi connectivity index (χ0n) is 15.0. The van der Waals surface area contributed by atoms with Gasteiger partial charge in [-0.25, -0.2) is 8.42 Å². The highest BCUT2D eigenvalue weighted by molar-refractivity contribution is 7.92. The normalized spacial score (nSPS) is 11.3. The molecule has 0 fully saturated rings. The van der Waals surface area contributed by atoms with Gasteiger partial charge in [0, 0.05) is 24.9 Å². The topological polar surface area (TPSA) is 88.9 Å². The Morgan fingerprint density at radius 2 is 2.08 bits per heavy atom. The fourth-order valence-corrected chi connectivity index (χ4v) is 3.57. The van der Waals surface area contributed by atoms with Gasteiger partial charge in [-0.2, -0.15) is 0 Å². The molecule has 26 heavy (non-hydrogen) atoms. The van der Waals surface area contributed by atoms with Gasteiger partial charge in [0.15, 0.2) is 0 Å². The molecule has 7 nitrogen and oxygen atoms in total. The van der Waals surface area contributed by atoms with Crippen LogP contribution in [0.4, 0.5) is 5.69 Å². The molecular weight excluding hydrogens is 356 g/mol. The number of ether oxygens (including phenoxy) is 1. The maximum absolute atomic E-state index is 12.9. The van der Waals surface area contributed by atoms with Crippen LogP contribution < -0.4 is 4.72 Å². The molecule has 0 bridgehead atoms. The van der Waals surface area contributed by atoms with E-state index in [1.807, 2.05) is 0 Å². The van der Waals surface area contributed by atoms with Gasteiger partial charge in [0.25, 0.3) is 5.91 Å². The molecular formula is C18H24N2O5S.